The van der Waals surface area contributed by atoms with E-state index in [9.17, 15) is 4.79 Å². The van der Waals surface area contributed by atoms with Gasteiger partial charge in [-0.1, -0.05) is 30.3 Å². The summed E-state index contributed by atoms with van der Waals surface area (Å²) in [6, 6.07) is 11.5. The van der Waals surface area contributed by atoms with Crippen LogP contribution in [0.5, 0.6) is 0 Å². The number of fused-ring (bicyclic) bond motifs is 1. The number of thiophene rings is 1. The summed E-state index contributed by atoms with van der Waals surface area (Å²) in [4.78, 5) is 17.7. The molecule has 0 saturated heterocycles. The maximum absolute atomic E-state index is 12.5. The average Bonchev–Trinajstić information content (AvgIpc) is 3.02. The number of pyridine rings is 1. The van der Waals surface area contributed by atoms with Gasteiger partial charge in [0.1, 0.15) is 5.82 Å². The molecule has 0 aliphatic rings. The monoisotopic (exact) mass is 297 g/mol. The van der Waals surface area contributed by atoms with Crippen molar-refractivity contribution in [3.8, 4) is 0 Å². The van der Waals surface area contributed by atoms with Crippen LogP contribution in [0.3, 0.4) is 0 Å². The molecule has 3 N–H and O–H groups in total. The Bertz CT molecular complexity index is 783. The van der Waals surface area contributed by atoms with E-state index in [0.717, 1.165) is 15.6 Å². The summed E-state index contributed by atoms with van der Waals surface area (Å²) < 4.78 is 0. The number of rotatable bonds is 3. The van der Waals surface area contributed by atoms with Crippen LogP contribution in [0, 0.1) is 0 Å². The van der Waals surface area contributed by atoms with Gasteiger partial charge in [0.25, 0.3) is 5.91 Å². The van der Waals surface area contributed by atoms with Crippen LogP contribution in [0.15, 0.2) is 48.0 Å². The van der Waals surface area contributed by atoms with Crippen molar-refractivity contribution in [2.45, 2.75) is 13.0 Å². The highest BCUT2D eigenvalue weighted by Crippen LogP contribution is 2.24. The Morgan fingerprint density at radius 2 is 2.00 bits per heavy atom. The Balaban J connectivity index is 1.93. The topological polar surface area (TPSA) is 68.0 Å². The lowest BCUT2D eigenvalue weighted by Gasteiger charge is -2.13. The number of anilines is 1. The zero-order valence-corrected chi connectivity index (χ0v) is 12.4. The van der Waals surface area contributed by atoms with Crippen molar-refractivity contribution in [1.29, 1.82) is 0 Å². The van der Waals surface area contributed by atoms with E-state index in [4.69, 9.17) is 5.73 Å². The lowest BCUT2D eigenvalue weighted by molar-refractivity contribution is 0.0942. The van der Waals surface area contributed by atoms with Crippen LogP contribution < -0.4 is 11.1 Å². The summed E-state index contributed by atoms with van der Waals surface area (Å²) in [6.45, 7) is 1.97. The molecule has 3 rings (SSSR count). The first-order valence-corrected chi connectivity index (χ1v) is 7.52. The van der Waals surface area contributed by atoms with Crippen LogP contribution in [0.1, 0.15) is 28.2 Å². The van der Waals surface area contributed by atoms with Gasteiger partial charge in [-0.2, -0.15) is 0 Å². The van der Waals surface area contributed by atoms with Gasteiger partial charge in [-0.05, 0) is 23.8 Å². The molecule has 3 aromatic rings. The van der Waals surface area contributed by atoms with E-state index >= 15 is 0 Å². The number of aromatic nitrogens is 1. The Kier molecular flexibility index (Phi) is 3.58. The Labute approximate surface area is 126 Å². The molecule has 0 bridgehead atoms. The van der Waals surface area contributed by atoms with Gasteiger partial charge in [-0.25, -0.2) is 4.98 Å². The van der Waals surface area contributed by atoms with Crippen molar-refractivity contribution >= 4 is 33.8 Å². The van der Waals surface area contributed by atoms with Gasteiger partial charge in [0, 0.05) is 16.5 Å². The fourth-order valence-corrected chi connectivity index (χ4v) is 3.01. The van der Waals surface area contributed by atoms with E-state index in [1.165, 1.54) is 6.20 Å². The number of nitrogens with zero attached hydrogens (tertiary/aromatic N) is 1. The molecule has 2 heterocycles. The van der Waals surface area contributed by atoms with Crippen LogP contribution in [-0.2, 0) is 0 Å². The van der Waals surface area contributed by atoms with Crippen LogP contribution >= 0.6 is 11.3 Å². The summed E-state index contributed by atoms with van der Waals surface area (Å²) in [5.74, 6) is 0.299. The molecule has 1 amide bonds. The predicted molar refractivity (Wildman–Crippen MR) is 86.4 cm³/mol. The average molecular weight is 297 g/mol. The summed E-state index contributed by atoms with van der Waals surface area (Å²) >= 11 is 1.62. The minimum atomic E-state index is -0.139. The number of nitrogens with two attached hydrogens (primary N) is 1. The lowest BCUT2D eigenvalue weighted by atomic mass is 10.1. The molecule has 0 fully saturated rings. The molecule has 0 aliphatic heterocycles. The molecule has 106 valence electrons. The van der Waals surface area contributed by atoms with E-state index < -0.39 is 0 Å². The van der Waals surface area contributed by atoms with Gasteiger partial charge in [0.2, 0.25) is 0 Å². The van der Waals surface area contributed by atoms with Crippen molar-refractivity contribution in [2.24, 2.45) is 0 Å². The molecule has 2 aromatic heterocycles. The molecule has 0 aliphatic carbocycles. The number of nitrogens with one attached hydrogen (secondary N) is 1. The summed E-state index contributed by atoms with van der Waals surface area (Å²) in [5, 5.41) is 6.62. The number of hydrogen-bond donors (Lipinski definition) is 2. The number of nitrogen functional groups attached to an aromatic ring is 1. The zero-order valence-electron chi connectivity index (χ0n) is 11.5. The maximum atomic E-state index is 12.5. The van der Waals surface area contributed by atoms with Crippen molar-refractivity contribution in [1.82, 2.24) is 10.3 Å². The molecule has 1 atom stereocenters. The third kappa shape index (κ3) is 2.60. The molecule has 1 unspecified atom stereocenters. The second-order valence-corrected chi connectivity index (χ2v) is 5.79. The predicted octanol–water partition coefficient (Wildman–Crippen LogP) is 3.37. The summed E-state index contributed by atoms with van der Waals surface area (Å²) in [5.41, 5.74) is 6.41. The first-order chi connectivity index (χ1) is 10.2. The van der Waals surface area contributed by atoms with Crippen LogP contribution in [0.4, 0.5) is 5.82 Å². The first kappa shape index (κ1) is 13.6. The van der Waals surface area contributed by atoms with E-state index in [-0.39, 0.29) is 11.9 Å². The van der Waals surface area contributed by atoms with E-state index in [1.54, 1.807) is 11.3 Å². The van der Waals surface area contributed by atoms with Crippen molar-refractivity contribution < 1.29 is 4.79 Å². The van der Waals surface area contributed by atoms with Crippen LogP contribution in [0.25, 0.3) is 10.8 Å². The molecule has 4 nitrogen and oxygen atoms in total. The highest BCUT2D eigenvalue weighted by atomic mass is 32.1. The van der Waals surface area contributed by atoms with Crippen LogP contribution in [0.2, 0.25) is 0 Å². The third-order valence-electron chi connectivity index (χ3n) is 3.39. The standard InChI is InChI=1S/C16H15N3OS/c1-10(14-7-4-8-21-14)19-16(20)13-9-18-15(17)12-6-3-2-5-11(12)13/h2-10H,1H3,(H2,17,18)(H,19,20). The number of hydrogen-bond acceptors (Lipinski definition) is 4. The second-order valence-electron chi connectivity index (χ2n) is 4.81. The largest absolute Gasteiger partial charge is 0.383 e. The number of carbonyl (C=O) groups is 1. The highest BCUT2D eigenvalue weighted by molar-refractivity contribution is 7.10. The van der Waals surface area contributed by atoms with Crippen molar-refractivity contribution in [3.05, 3.63) is 58.4 Å². The Hall–Kier alpha value is -2.40. The molecule has 21 heavy (non-hydrogen) atoms. The van der Waals surface area contributed by atoms with Gasteiger partial charge >= 0.3 is 0 Å². The molecule has 0 radical (unpaired) electrons. The van der Waals surface area contributed by atoms with Crippen LogP contribution in [-0.4, -0.2) is 10.9 Å². The Morgan fingerprint density at radius 3 is 2.71 bits per heavy atom. The smallest absolute Gasteiger partial charge is 0.253 e. The van der Waals surface area contributed by atoms with E-state index in [2.05, 4.69) is 10.3 Å². The van der Waals surface area contributed by atoms with Gasteiger partial charge in [-0.3, -0.25) is 4.79 Å². The van der Waals surface area contributed by atoms with E-state index in [1.807, 2.05) is 48.7 Å². The van der Waals surface area contributed by atoms with Crippen molar-refractivity contribution in [2.75, 3.05) is 5.73 Å². The molecule has 0 saturated carbocycles. The minimum Gasteiger partial charge on any atom is -0.383 e. The van der Waals surface area contributed by atoms with Gasteiger partial charge in [-0.15, -0.1) is 11.3 Å². The second kappa shape index (κ2) is 5.54. The minimum absolute atomic E-state index is 0.0335. The Morgan fingerprint density at radius 1 is 1.24 bits per heavy atom. The third-order valence-corrected chi connectivity index (χ3v) is 4.44. The molecular formula is C16H15N3OS. The molecule has 0 spiro atoms. The van der Waals surface area contributed by atoms with Gasteiger partial charge in [0.15, 0.2) is 0 Å². The molecule has 1 aromatic carbocycles. The summed E-state index contributed by atoms with van der Waals surface area (Å²) in [6.07, 6.45) is 1.54. The molecular weight excluding hydrogens is 282 g/mol. The molecule has 5 heteroatoms. The van der Waals surface area contributed by atoms with Crippen molar-refractivity contribution in [3.63, 3.8) is 0 Å². The van der Waals surface area contributed by atoms with E-state index in [0.29, 0.717) is 11.4 Å². The fraction of sp³-hybridized carbons (Fsp3) is 0.125. The van der Waals surface area contributed by atoms with Gasteiger partial charge in [0.05, 0.1) is 11.6 Å². The number of amides is 1. The quantitative estimate of drug-likeness (QED) is 0.779. The maximum Gasteiger partial charge on any atom is 0.253 e. The number of benzene rings is 1. The lowest BCUT2D eigenvalue weighted by Crippen LogP contribution is -2.26. The summed E-state index contributed by atoms with van der Waals surface area (Å²) in [7, 11) is 0. The highest BCUT2D eigenvalue weighted by Gasteiger charge is 2.15. The van der Waals surface area contributed by atoms with Gasteiger partial charge < -0.3 is 11.1 Å². The fourth-order valence-electron chi connectivity index (χ4n) is 2.28. The first-order valence-electron chi connectivity index (χ1n) is 6.64. The normalized spacial score (nSPS) is 12.2. The number of carbonyl (C=O) groups excluding carboxylic acids is 1. The SMILES string of the molecule is CC(NC(=O)c1cnc(N)c2ccccc12)c1cccs1. The zero-order chi connectivity index (χ0) is 14.8.